The third kappa shape index (κ3) is 1.62. The van der Waals surface area contributed by atoms with Crippen LogP contribution in [0.3, 0.4) is 0 Å². The van der Waals surface area contributed by atoms with Gasteiger partial charge < -0.3 is 0 Å². The minimum atomic E-state index is 1.11. The summed E-state index contributed by atoms with van der Waals surface area (Å²) in [5.74, 6) is 0. The average Bonchev–Trinajstić information content (AvgIpc) is 2.17. The lowest BCUT2D eigenvalue weighted by Gasteiger charge is -2.08. The molecular formula is C13H14. The monoisotopic (exact) mass is 170 g/mol. The summed E-state index contributed by atoms with van der Waals surface area (Å²) in [5, 5.41) is 0. The molecule has 0 aliphatic rings. The predicted molar refractivity (Wildman–Crippen MR) is 61.5 cm³/mol. The number of benzene rings is 1. The van der Waals surface area contributed by atoms with Crippen molar-refractivity contribution in [3.8, 4) is 0 Å². The largest absolute Gasteiger partial charge is 0.0984 e. The average molecular weight is 170 g/mol. The Hall–Kier alpha value is -1.56. The van der Waals surface area contributed by atoms with E-state index in [-0.39, 0.29) is 0 Å². The van der Waals surface area contributed by atoms with E-state index in [1.54, 1.807) is 0 Å². The molecule has 0 amide bonds. The summed E-state index contributed by atoms with van der Waals surface area (Å²) in [6.07, 6.45) is 5.55. The maximum atomic E-state index is 3.79. The van der Waals surface area contributed by atoms with E-state index in [4.69, 9.17) is 0 Å². The van der Waals surface area contributed by atoms with Crippen LogP contribution < -0.4 is 0 Å². The van der Waals surface area contributed by atoms with Gasteiger partial charge in [0, 0.05) is 0 Å². The highest BCUT2D eigenvalue weighted by atomic mass is 14.1. The fraction of sp³-hybridized carbons (Fsp3) is 0.0769. The number of rotatable bonds is 3. The van der Waals surface area contributed by atoms with Crippen LogP contribution in [-0.4, -0.2) is 0 Å². The topological polar surface area (TPSA) is 0 Å². The first kappa shape index (κ1) is 9.53. The van der Waals surface area contributed by atoms with Crippen LogP contribution in [0.15, 0.2) is 31.9 Å². The van der Waals surface area contributed by atoms with Gasteiger partial charge in [-0.15, -0.1) is 0 Å². The Kier molecular flexibility index (Phi) is 2.86. The maximum absolute atomic E-state index is 3.79. The summed E-state index contributed by atoms with van der Waals surface area (Å²) in [4.78, 5) is 0. The van der Waals surface area contributed by atoms with Gasteiger partial charge in [-0.1, -0.05) is 50.1 Å². The third-order valence-electron chi connectivity index (χ3n) is 2.17. The minimum Gasteiger partial charge on any atom is -0.0984 e. The Balaban J connectivity index is 3.53. The molecule has 0 aliphatic heterocycles. The molecule has 0 nitrogen and oxygen atoms in total. The summed E-state index contributed by atoms with van der Waals surface area (Å²) >= 11 is 0. The van der Waals surface area contributed by atoms with E-state index in [2.05, 4.69) is 32.7 Å². The third-order valence-corrected chi connectivity index (χ3v) is 2.17. The van der Waals surface area contributed by atoms with Crippen LogP contribution >= 0.6 is 0 Å². The van der Waals surface area contributed by atoms with E-state index in [0.717, 1.165) is 16.7 Å². The molecule has 0 saturated heterocycles. The highest BCUT2D eigenvalue weighted by molar-refractivity contribution is 5.74. The van der Waals surface area contributed by atoms with Gasteiger partial charge in [0.2, 0.25) is 0 Å². The van der Waals surface area contributed by atoms with Crippen molar-refractivity contribution in [1.82, 2.24) is 0 Å². The number of aryl methyl sites for hydroxylation is 1. The lowest BCUT2D eigenvalue weighted by atomic mass is 9.96. The van der Waals surface area contributed by atoms with Crippen LogP contribution in [0.5, 0.6) is 0 Å². The van der Waals surface area contributed by atoms with Crippen molar-refractivity contribution in [1.29, 1.82) is 0 Å². The molecule has 0 aliphatic carbocycles. The first-order valence-electron chi connectivity index (χ1n) is 4.25. The second-order valence-corrected chi connectivity index (χ2v) is 2.91. The molecule has 66 valence electrons. The van der Waals surface area contributed by atoms with Crippen LogP contribution in [-0.2, 0) is 0 Å². The molecule has 0 aromatic heterocycles. The zero-order valence-corrected chi connectivity index (χ0v) is 8.01. The first-order chi connectivity index (χ1) is 6.24. The molecule has 0 atom stereocenters. The van der Waals surface area contributed by atoms with Gasteiger partial charge in [0.05, 0.1) is 0 Å². The van der Waals surface area contributed by atoms with Crippen molar-refractivity contribution in [2.24, 2.45) is 0 Å². The lowest BCUT2D eigenvalue weighted by Crippen LogP contribution is -1.89. The van der Waals surface area contributed by atoms with E-state index in [0.29, 0.717) is 0 Å². The molecule has 0 heteroatoms. The fourth-order valence-electron chi connectivity index (χ4n) is 1.44. The molecule has 0 heterocycles. The van der Waals surface area contributed by atoms with Gasteiger partial charge in [0.1, 0.15) is 0 Å². The van der Waals surface area contributed by atoms with Crippen LogP contribution in [0.2, 0.25) is 0 Å². The maximum Gasteiger partial charge on any atom is -0.0115 e. The molecule has 0 unspecified atom stereocenters. The molecule has 0 fully saturated rings. The second-order valence-electron chi connectivity index (χ2n) is 2.91. The van der Waals surface area contributed by atoms with E-state index in [1.165, 1.54) is 5.56 Å². The quantitative estimate of drug-likeness (QED) is 0.645. The second kappa shape index (κ2) is 3.90. The minimum absolute atomic E-state index is 1.11. The van der Waals surface area contributed by atoms with Crippen molar-refractivity contribution >= 4 is 18.2 Å². The summed E-state index contributed by atoms with van der Waals surface area (Å²) in [7, 11) is 0. The number of hydrogen-bond acceptors (Lipinski definition) is 0. The summed E-state index contributed by atoms with van der Waals surface area (Å²) < 4.78 is 0. The van der Waals surface area contributed by atoms with Gasteiger partial charge in [-0.3, -0.25) is 0 Å². The highest BCUT2D eigenvalue weighted by Gasteiger charge is 2.02. The van der Waals surface area contributed by atoms with Gasteiger partial charge in [-0.2, -0.15) is 0 Å². The van der Waals surface area contributed by atoms with Crippen molar-refractivity contribution in [2.45, 2.75) is 6.92 Å². The normalized spacial score (nSPS) is 9.31. The Morgan fingerprint density at radius 2 is 1.54 bits per heavy atom. The molecule has 0 radical (unpaired) electrons. The van der Waals surface area contributed by atoms with Gasteiger partial charge in [-0.25, -0.2) is 0 Å². The molecule has 1 aromatic carbocycles. The molecule has 1 aromatic rings. The van der Waals surface area contributed by atoms with Crippen LogP contribution in [0, 0.1) is 6.92 Å². The Bertz CT molecular complexity index is 357. The van der Waals surface area contributed by atoms with Crippen molar-refractivity contribution in [3.05, 3.63) is 54.1 Å². The van der Waals surface area contributed by atoms with E-state index in [1.807, 2.05) is 24.3 Å². The van der Waals surface area contributed by atoms with Gasteiger partial charge in [-0.05, 0) is 29.2 Å². The number of hydrogen-bond donors (Lipinski definition) is 0. The molecule has 0 spiro atoms. The van der Waals surface area contributed by atoms with Gasteiger partial charge in [0.15, 0.2) is 0 Å². The smallest absolute Gasteiger partial charge is 0.0115 e. The Labute approximate surface area is 79.9 Å². The van der Waals surface area contributed by atoms with Gasteiger partial charge in [0.25, 0.3) is 0 Å². The molecule has 0 N–H and O–H groups in total. The van der Waals surface area contributed by atoms with Crippen LogP contribution in [0.4, 0.5) is 0 Å². The standard InChI is InChI=1S/C13H14/c1-5-11-9-8-10(4)12(6-2)13(11)7-3/h5-9H,1-3H2,4H3. The SMILES string of the molecule is C=Cc1ccc(C)c(C=C)c1C=C. The van der Waals surface area contributed by atoms with Crippen LogP contribution in [0.1, 0.15) is 22.3 Å². The summed E-state index contributed by atoms with van der Waals surface area (Å²) in [6, 6.07) is 4.12. The van der Waals surface area contributed by atoms with Crippen molar-refractivity contribution < 1.29 is 0 Å². The molecule has 0 saturated carbocycles. The highest BCUT2D eigenvalue weighted by Crippen LogP contribution is 2.22. The molecule has 1 rings (SSSR count). The first-order valence-corrected chi connectivity index (χ1v) is 4.25. The van der Waals surface area contributed by atoms with E-state index >= 15 is 0 Å². The Morgan fingerprint density at radius 1 is 0.923 bits per heavy atom. The zero-order valence-electron chi connectivity index (χ0n) is 8.01. The predicted octanol–water partition coefficient (Wildman–Crippen LogP) is 3.92. The summed E-state index contributed by atoms with van der Waals surface area (Å²) in [5.41, 5.74) is 4.59. The Morgan fingerprint density at radius 3 is 2.00 bits per heavy atom. The lowest BCUT2D eigenvalue weighted by molar-refractivity contribution is 1.42. The van der Waals surface area contributed by atoms with Crippen molar-refractivity contribution in [3.63, 3.8) is 0 Å². The molecule has 0 bridgehead atoms. The van der Waals surface area contributed by atoms with E-state index in [9.17, 15) is 0 Å². The van der Waals surface area contributed by atoms with Crippen molar-refractivity contribution in [2.75, 3.05) is 0 Å². The summed E-state index contributed by atoms with van der Waals surface area (Å²) in [6.45, 7) is 13.4. The fourth-order valence-corrected chi connectivity index (χ4v) is 1.44. The molecular weight excluding hydrogens is 156 g/mol. The zero-order chi connectivity index (χ0) is 9.84. The van der Waals surface area contributed by atoms with Crippen LogP contribution in [0.25, 0.3) is 18.2 Å². The molecule has 13 heavy (non-hydrogen) atoms. The van der Waals surface area contributed by atoms with Gasteiger partial charge >= 0.3 is 0 Å². The van der Waals surface area contributed by atoms with E-state index < -0.39 is 0 Å².